The highest BCUT2D eigenvalue weighted by Crippen LogP contribution is 2.11. The van der Waals surface area contributed by atoms with Crippen molar-refractivity contribution < 1.29 is 9.53 Å². The molecule has 0 aromatic carbocycles. The van der Waals surface area contributed by atoms with E-state index in [9.17, 15) is 4.79 Å². The first kappa shape index (κ1) is 15.4. The van der Waals surface area contributed by atoms with Crippen LogP contribution in [0.3, 0.4) is 0 Å². The van der Waals surface area contributed by atoms with Crippen molar-refractivity contribution in [3.8, 4) is 0 Å². The van der Waals surface area contributed by atoms with Crippen LogP contribution in [0.4, 0.5) is 0 Å². The summed E-state index contributed by atoms with van der Waals surface area (Å²) in [6.45, 7) is 11.1. The van der Waals surface area contributed by atoms with E-state index in [2.05, 4.69) is 10.6 Å². The van der Waals surface area contributed by atoms with Gasteiger partial charge in [0.15, 0.2) is 0 Å². The molecular weight excluding hydrogens is 204 g/mol. The molecular formula is C12H26N2O2. The van der Waals surface area contributed by atoms with Gasteiger partial charge in [-0.3, -0.25) is 4.79 Å². The first-order chi connectivity index (χ1) is 7.16. The van der Waals surface area contributed by atoms with Crippen molar-refractivity contribution in [1.82, 2.24) is 10.6 Å². The standard InChI is InChI=1S/C12H26N2O2/c1-11(2,3)14-10(15)9-13-8-7-12(4,5)16-6/h13H,7-9H2,1-6H3,(H,14,15). The number of hydrogen-bond donors (Lipinski definition) is 2. The predicted molar refractivity (Wildman–Crippen MR) is 66.5 cm³/mol. The smallest absolute Gasteiger partial charge is 0.234 e. The van der Waals surface area contributed by atoms with E-state index in [0.717, 1.165) is 13.0 Å². The quantitative estimate of drug-likeness (QED) is 0.676. The minimum Gasteiger partial charge on any atom is -0.379 e. The zero-order valence-corrected chi connectivity index (χ0v) is 11.4. The molecule has 0 fully saturated rings. The molecule has 0 rings (SSSR count). The van der Waals surface area contributed by atoms with Crippen LogP contribution in [0.2, 0.25) is 0 Å². The van der Waals surface area contributed by atoms with Gasteiger partial charge in [0.25, 0.3) is 0 Å². The highest BCUT2D eigenvalue weighted by molar-refractivity contribution is 5.78. The summed E-state index contributed by atoms with van der Waals surface area (Å²) in [6.07, 6.45) is 0.881. The average molecular weight is 230 g/mol. The lowest BCUT2D eigenvalue weighted by Crippen LogP contribution is -2.45. The molecule has 0 bridgehead atoms. The molecule has 0 aromatic rings. The maximum atomic E-state index is 11.4. The second-order valence-electron chi connectivity index (χ2n) is 5.69. The summed E-state index contributed by atoms with van der Waals surface area (Å²) in [6, 6.07) is 0. The van der Waals surface area contributed by atoms with E-state index in [1.54, 1.807) is 7.11 Å². The van der Waals surface area contributed by atoms with E-state index in [4.69, 9.17) is 4.74 Å². The normalized spacial score (nSPS) is 12.6. The monoisotopic (exact) mass is 230 g/mol. The number of ether oxygens (including phenoxy) is 1. The highest BCUT2D eigenvalue weighted by atomic mass is 16.5. The first-order valence-electron chi connectivity index (χ1n) is 5.73. The van der Waals surface area contributed by atoms with E-state index in [-0.39, 0.29) is 17.0 Å². The summed E-state index contributed by atoms with van der Waals surface area (Å²) < 4.78 is 5.28. The Morgan fingerprint density at radius 3 is 2.19 bits per heavy atom. The Bertz CT molecular complexity index is 220. The van der Waals surface area contributed by atoms with Crippen molar-refractivity contribution >= 4 is 5.91 Å². The van der Waals surface area contributed by atoms with Gasteiger partial charge in [-0.25, -0.2) is 0 Å². The van der Waals surface area contributed by atoms with E-state index in [1.165, 1.54) is 0 Å². The average Bonchev–Trinajstić information content (AvgIpc) is 2.10. The van der Waals surface area contributed by atoms with E-state index in [0.29, 0.717) is 6.54 Å². The van der Waals surface area contributed by atoms with Gasteiger partial charge in [-0.1, -0.05) is 0 Å². The molecule has 0 atom stereocenters. The molecule has 0 radical (unpaired) electrons. The van der Waals surface area contributed by atoms with Crippen LogP contribution < -0.4 is 10.6 Å². The van der Waals surface area contributed by atoms with Crippen LogP contribution in [0.5, 0.6) is 0 Å². The fraction of sp³-hybridized carbons (Fsp3) is 0.917. The van der Waals surface area contributed by atoms with Crippen LogP contribution in [0.25, 0.3) is 0 Å². The molecule has 0 unspecified atom stereocenters. The third kappa shape index (κ3) is 8.68. The largest absolute Gasteiger partial charge is 0.379 e. The number of hydrogen-bond acceptors (Lipinski definition) is 3. The highest BCUT2D eigenvalue weighted by Gasteiger charge is 2.16. The van der Waals surface area contributed by atoms with Gasteiger partial charge < -0.3 is 15.4 Å². The minimum atomic E-state index is -0.162. The number of carbonyl (C=O) groups excluding carboxylic acids is 1. The molecule has 0 aliphatic heterocycles. The first-order valence-corrected chi connectivity index (χ1v) is 5.73. The van der Waals surface area contributed by atoms with Gasteiger partial charge in [0.2, 0.25) is 5.91 Å². The molecule has 2 N–H and O–H groups in total. The van der Waals surface area contributed by atoms with Crippen molar-refractivity contribution in [2.75, 3.05) is 20.2 Å². The maximum absolute atomic E-state index is 11.4. The van der Waals surface area contributed by atoms with Crippen LogP contribution >= 0.6 is 0 Å². The molecule has 1 amide bonds. The second-order valence-corrected chi connectivity index (χ2v) is 5.69. The van der Waals surface area contributed by atoms with Gasteiger partial charge in [-0.15, -0.1) is 0 Å². The zero-order chi connectivity index (χ0) is 12.8. The summed E-state index contributed by atoms with van der Waals surface area (Å²) >= 11 is 0. The minimum absolute atomic E-state index is 0.0303. The van der Waals surface area contributed by atoms with Crippen molar-refractivity contribution in [2.24, 2.45) is 0 Å². The molecule has 4 nitrogen and oxygen atoms in total. The Morgan fingerprint density at radius 1 is 1.19 bits per heavy atom. The summed E-state index contributed by atoms with van der Waals surface area (Å²) in [7, 11) is 1.70. The van der Waals surface area contributed by atoms with Crippen molar-refractivity contribution in [3.63, 3.8) is 0 Å². The van der Waals surface area contributed by atoms with Gasteiger partial charge >= 0.3 is 0 Å². The summed E-state index contributed by atoms with van der Waals surface area (Å²) in [4.78, 5) is 11.4. The van der Waals surface area contributed by atoms with Crippen LogP contribution in [0, 0.1) is 0 Å². The summed E-state index contributed by atoms with van der Waals surface area (Å²) in [5.74, 6) is 0.0303. The lowest BCUT2D eigenvalue weighted by Gasteiger charge is -2.23. The molecule has 0 aromatic heterocycles. The molecule has 96 valence electrons. The number of methoxy groups -OCH3 is 1. The third-order valence-electron chi connectivity index (χ3n) is 2.26. The molecule has 0 aliphatic carbocycles. The molecule has 0 saturated heterocycles. The van der Waals surface area contributed by atoms with Crippen LogP contribution in [-0.2, 0) is 9.53 Å². The zero-order valence-electron chi connectivity index (χ0n) is 11.4. The van der Waals surface area contributed by atoms with E-state index < -0.39 is 0 Å². The Balaban J connectivity index is 3.64. The summed E-state index contributed by atoms with van der Waals surface area (Å²) in [5.41, 5.74) is -0.294. The van der Waals surface area contributed by atoms with E-state index in [1.807, 2.05) is 34.6 Å². The second kappa shape index (κ2) is 6.21. The topological polar surface area (TPSA) is 50.4 Å². The fourth-order valence-electron chi connectivity index (χ4n) is 1.16. The Kier molecular flexibility index (Phi) is 5.97. The van der Waals surface area contributed by atoms with Crippen LogP contribution in [-0.4, -0.2) is 37.2 Å². The van der Waals surface area contributed by atoms with Gasteiger partial charge in [0.1, 0.15) is 0 Å². The number of rotatable bonds is 6. The lowest BCUT2D eigenvalue weighted by atomic mass is 10.1. The third-order valence-corrected chi connectivity index (χ3v) is 2.26. The SMILES string of the molecule is COC(C)(C)CCNCC(=O)NC(C)(C)C. The molecule has 0 aliphatic rings. The number of carbonyl (C=O) groups is 1. The molecule has 0 heterocycles. The van der Waals surface area contributed by atoms with Crippen molar-refractivity contribution in [2.45, 2.75) is 52.2 Å². The van der Waals surface area contributed by atoms with E-state index >= 15 is 0 Å². The van der Waals surface area contributed by atoms with Gasteiger partial charge in [0, 0.05) is 12.6 Å². The molecule has 16 heavy (non-hydrogen) atoms. The molecule has 4 heteroatoms. The number of amides is 1. The van der Waals surface area contributed by atoms with Gasteiger partial charge in [-0.05, 0) is 47.6 Å². The molecule has 0 spiro atoms. The predicted octanol–water partition coefficient (Wildman–Crippen LogP) is 1.31. The lowest BCUT2D eigenvalue weighted by molar-refractivity contribution is -0.121. The van der Waals surface area contributed by atoms with Crippen molar-refractivity contribution in [1.29, 1.82) is 0 Å². The maximum Gasteiger partial charge on any atom is 0.234 e. The summed E-state index contributed by atoms with van der Waals surface area (Å²) in [5, 5.41) is 6.00. The van der Waals surface area contributed by atoms with Gasteiger partial charge in [-0.2, -0.15) is 0 Å². The van der Waals surface area contributed by atoms with Gasteiger partial charge in [0.05, 0.1) is 12.1 Å². The van der Waals surface area contributed by atoms with Crippen molar-refractivity contribution in [3.05, 3.63) is 0 Å². The fourth-order valence-corrected chi connectivity index (χ4v) is 1.16. The Labute approximate surface area is 99.1 Å². The Morgan fingerprint density at radius 2 is 1.75 bits per heavy atom. The van der Waals surface area contributed by atoms with Crippen LogP contribution in [0.1, 0.15) is 41.0 Å². The number of nitrogens with one attached hydrogen (secondary N) is 2. The van der Waals surface area contributed by atoms with Crippen LogP contribution in [0.15, 0.2) is 0 Å². The molecule has 0 saturated carbocycles. The Hall–Kier alpha value is -0.610.